The Morgan fingerprint density at radius 1 is 0.939 bits per heavy atom. The lowest BCUT2D eigenvalue weighted by molar-refractivity contribution is -0.123. The quantitative estimate of drug-likeness (QED) is 0.459. The maximum absolute atomic E-state index is 13.7. The van der Waals surface area contributed by atoms with E-state index in [2.05, 4.69) is 5.32 Å². The number of para-hydroxylation sites is 1. The highest BCUT2D eigenvalue weighted by Crippen LogP contribution is 2.24. The number of hydrogen-bond acceptors (Lipinski definition) is 5. The minimum absolute atomic E-state index is 0.0171. The van der Waals surface area contributed by atoms with Crippen molar-refractivity contribution in [1.82, 2.24) is 4.90 Å². The number of carbonyl (C=O) groups is 4. The first-order valence-corrected chi connectivity index (χ1v) is 10.2. The smallest absolute Gasteiger partial charge is 0.338 e. The number of rotatable bonds is 6. The van der Waals surface area contributed by atoms with Crippen molar-refractivity contribution >= 4 is 29.4 Å². The fourth-order valence-electron chi connectivity index (χ4n) is 3.44. The van der Waals surface area contributed by atoms with Crippen molar-refractivity contribution in [2.45, 2.75) is 19.6 Å². The fraction of sp³-hybridized carbons (Fsp3) is 0.120. The number of benzene rings is 3. The zero-order valence-corrected chi connectivity index (χ0v) is 17.6. The molecule has 3 amide bonds. The maximum atomic E-state index is 13.7. The number of fused-ring (bicyclic) bond motifs is 1. The van der Waals surface area contributed by atoms with Crippen LogP contribution >= 0.6 is 0 Å². The highest BCUT2D eigenvalue weighted by molar-refractivity contribution is 6.21. The molecule has 4 rings (SSSR count). The summed E-state index contributed by atoms with van der Waals surface area (Å²) in [6, 6.07) is 18.5. The van der Waals surface area contributed by atoms with E-state index in [1.807, 2.05) is 0 Å². The van der Waals surface area contributed by atoms with Gasteiger partial charge in [-0.2, -0.15) is 0 Å². The van der Waals surface area contributed by atoms with Crippen molar-refractivity contribution in [3.63, 3.8) is 0 Å². The van der Waals surface area contributed by atoms with Crippen molar-refractivity contribution in [3.05, 3.63) is 101 Å². The number of hydrogen-bond donors (Lipinski definition) is 1. The van der Waals surface area contributed by atoms with Gasteiger partial charge in [-0.05, 0) is 48.9 Å². The molecule has 0 spiro atoms. The Bertz CT molecular complexity index is 1240. The van der Waals surface area contributed by atoms with Gasteiger partial charge in [0.1, 0.15) is 5.82 Å². The first-order chi connectivity index (χ1) is 15.8. The van der Waals surface area contributed by atoms with Crippen LogP contribution in [0.2, 0.25) is 0 Å². The third-order valence-corrected chi connectivity index (χ3v) is 5.17. The van der Waals surface area contributed by atoms with Crippen molar-refractivity contribution in [2.75, 3.05) is 5.32 Å². The Balaban J connectivity index is 1.42. The molecule has 1 unspecified atom stereocenters. The molecule has 0 fully saturated rings. The molecular formula is C25H19FN2O5. The van der Waals surface area contributed by atoms with Gasteiger partial charge in [-0.3, -0.25) is 19.3 Å². The van der Waals surface area contributed by atoms with Crippen LogP contribution in [-0.4, -0.2) is 34.7 Å². The highest BCUT2D eigenvalue weighted by atomic mass is 19.1. The number of carbonyl (C=O) groups excluding carboxylic acids is 4. The number of halogens is 1. The molecule has 1 aliphatic heterocycles. The topological polar surface area (TPSA) is 92.8 Å². The van der Waals surface area contributed by atoms with Gasteiger partial charge in [-0.1, -0.05) is 36.4 Å². The number of nitrogens with one attached hydrogen (secondary N) is 1. The minimum Gasteiger partial charge on any atom is -0.449 e. The van der Waals surface area contributed by atoms with Gasteiger partial charge < -0.3 is 10.1 Å². The predicted octanol–water partition coefficient (Wildman–Crippen LogP) is 3.81. The second-order valence-electron chi connectivity index (χ2n) is 7.46. The average Bonchev–Trinajstić information content (AvgIpc) is 3.05. The van der Waals surface area contributed by atoms with Crippen molar-refractivity contribution in [2.24, 2.45) is 0 Å². The standard InChI is InChI=1S/C25H19FN2O5/c1-15(22(29)27-21-12-5-4-11-20(21)26)33-25(32)17-8-6-7-16(13-17)14-28-23(30)18-9-2-3-10-19(18)24(28)31/h2-13,15H,14H2,1H3,(H,27,29). The van der Waals surface area contributed by atoms with Gasteiger partial charge in [0, 0.05) is 0 Å². The zero-order valence-electron chi connectivity index (χ0n) is 17.6. The lowest BCUT2D eigenvalue weighted by Gasteiger charge is -2.16. The van der Waals surface area contributed by atoms with E-state index in [0.29, 0.717) is 16.7 Å². The van der Waals surface area contributed by atoms with E-state index < -0.39 is 35.6 Å². The van der Waals surface area contributed by atoms with E-state index in [1.54, 1.807) is 42.5 Å². The Labute approximate surface area is 188 Å². The second-order valence-corrected chi connectivity index (χ2v) is 7.46. The normalized spacial score (nSPS) is 13.5. The van der Waals surface area contributed by atoms with E-state index in [0.717, 1.165) is 4.90 Å². The Hall–Kier alpha value is -4.33. The average molecular weight is 446 g/mol. The summed E-state index contributed by atoms with van der Waals surface area (Å²) in [4.78, 5) is 51.1. The summed E-state index contributed by atoms with van der Waals surface area (Å²) < 4.78 is 18.9. The Morgan fingerprint density at radius 2 is 1.58 bits per heavy atom. The largest absolute Gasteiger partial charge is 0.449 e. The lowest BCUT2D eigenvalue weighted by Crippen LogP contribution is -2.30. The van der Waals surface area contributed by atoms with Crippen LogP contribution in [0, 0.1) is 5.82 Å². The number of imide groups is 1. The summed E-state index contributed by atoms with van der Waals surface area (Å²) in [5.41, 5.74) is 1.35. The Kier molecular flexibility index (Phi) is 5.99. The van der Waals surface area contributed by atoms with Crippen LogP contribution in [-0.2, 0) is 16.1 Å². The van der Waals surface area contributed by atoms with E-state index in [9.17, 15) is 23.6 Å². The van der Waals surface area contributed by atoms with E-state index in [1.165, 1.54) is 37.3 Å². The van der Waals surface area contributed by atoms with E-state index in [-0.39, 0.29) is 17.8 Å². The molecule has 1 N–H and O–H groups in total. The van der Waals surface area contributed by atoms with Crippen molar-refractivity contribution in [3.8, 4) is 0 Å². The summed E-state index contributed by atoms with van der Waals surface area (Å²) >= 11 is 0. The van der Waals surface area contributed by atoms with E-state index >= 15 is 0 Å². The number of amides is 3. The van der Waals surface area contributed by atoms with Gasteiger partial charge in [-0.25, -0.2) is 9.18 Å². The van der Waals surface area contributed by atoms with Gasteiger partial charge >= 0.3 is 5.97 Å². The Morgan fingerprint density at radius 3 is 2.24 bits per heavy atom. The number of nitrogens with zero attached hydrogens (tertiary/aromatic N) is 1. The maximum Gasteiger partial charge on any atom is 0.338 e. The third-order valence-electron chi connectivity index (χ3n) is 5.17. The van der Waals surface area contributed by atoms with Crippen LogP contribution in [0.5, 0.6) is 0 Å². The van der Waals surface area contributed by atoms with Crippen LogP contribution in [0.4, 0.5) is 10.1 Å². The zero-order chi connectivity index (χ0) is 23.5. The first kappa shape index (κ1) is 21.9. The van der Waals surface area contributed by atoms with Gasteiger partial charge in [0.05, 0.1) is 28.9 Å². The van der Waals surface area contributed by atoms with Gasteiger partial charge in [0.15, 0.2) is 6.10 Å². The molecule has 0 aromatic heterocycles. The summed E-state index contributed by atoms with van der Waals surface area (Å²) in [7, 11) is 0. The molecule has 1 atom stereocenters. The van der Waals surface area contributed by atoms with Crippen LogP contribution in [0.1, 0.15) is 43.6 Å². The molecule has 8 heteroatoms. The highest BCUT2D eigenvalue weighted by Gasteiger charge is 2.35. The van der Waals surface area contributed by atoms with Gasteiger partial charge in [0.2, 0.25) is 0 Å². The minimum atomic E-state index is -1.18. The summed E-state index contributed by atoms with van der Waals surface area (Å²) in [5.74, 6) is -2.86. The molecule has 0 saturated heterocycles. The van der Waals surface area contributed by atoms with Crippen LogP contribution in [0.15, 0.2) is 72.8 Å². The van der Waals surface area contributed by atoms with E-state index in [4.69, 9.17) is 4.74 Å². The molecule has 3 aromatic carbocycles. The first-order valence-electron chi connectivity index (χ1n) is 10.2. The molecular weight excluding hydrogens is 427 g/mol. The monoisotopic (exact) mass is 446 g/mol. The SMILES string of the molecule is CC(OC(=O)c1cccc(CN2C(=O)c3ccccc3C2=O)c1)C(=O)Nc1ccccc1F. The molecule has 7 nitrogen and oxygen atoms in total. The van der Waals surface area contributed by atoms with Crippen LogP contribution in [0.25, 0.3) is 0 Å². The lowest BCUT2D eigenvalue weighted by atomic mass is 10.1. The second kappa shape index (κ2) is 9.04. The molecule has 3 aromatic rings. The molecule has 0 radical (unpaired) electrons. The summed E-state index contributed by atoms with van der Waals surface area (Å²) in [5, 5.41) is 2.37. The molecule has 0 aliphatic carbocycles. The summed E-state index contributed by atoms with van der Waals surface area (Å²) in [6.45, 7) is 1.35. The van der Waals surface area contributed by atoms with Crippen LogP contribution < -0.4 is 5.32 Å². The number of anilines is 1. The molecule has 0 saturated carbocycles. The van der Waals surface area contributed by atoms with Crippen molar-refractivity contribution < 1.29 is 28.3 Å². The number of esters is 1. The number of ether oxygens (including phenoxy) is 1. The van der Waals surface area contributed by atoms with Gasteiger partial charge in [-0.15, -0.1) is 0 Å². The molecule has 1 aliphatic rings. The molecule has 33 heavy (non-hydrogen) atoms. The van der Waals surface area contributed by atoms with Crippen molar-refractivity contribution in [1.29, 1.82) is 0 Å². The molecule has 1 heterocycles. The van der Waals surface area contributed by atoms with Crippen LogP contribution in [0.3, 0.4) is 0 Å². The predicted molar refractivity (Wildman–Crippen MR) is 117 cm³/mol. The molecule has 166 valence electrons. The van der Waals surface area contributed by atoms with Gasteiger partial charge in [0.25, 0.3) is 17.7 Å². The molecule has 0 bridgehead atoms. The fourth-order valence-corrected chi connectivity index (χ4v) is 3.44. The summed E-state index contributed by atoms with van der Waals surface area (Å²) in [6.07, 6.45) is -1.18. The third kappa shape index (κ3) is 4.50.